The van der Waals surface area contributed by atoms with Crippen molar-refractivity contribution < 1.29 is 41.8 Å². The minimum absolute atomic E-state index is 0.144. The molecule has 0 aromatic rings. The van der Waals surface area contributed by atoms with E-state index >= 15 is 0 Å². The average Bonchev–Trinajstić information content (AvgIpc) is 3.01. The fourth-order valence-electron chi connectivity index (χ4n) is 2.71. The van der Waals surface area contributed by atoms with E-state index in [1.807, 2.05) is 0 Å². The zero-order valence-corrected chi connectivity index (χ0v) is 14.6. The first-order chi connectivity index (χ1) is 11.9. The van der Waals surface area contributed by atoms with Crippen LogP contribution in [-0.4, -0.2) is 63.8 Å². The lowest BCUT2D eigenvalue weighted by atomic mass is 9.98. The van der Waals surface area contributed by atoms with Crippen molar-refractivity contribution in [2.45, 2.75) is 38.0 Å². The van der Waals surface area contributed by atoms with Crippen LogP contribution >= 0.6 is 0 Å². The number of hydroxylamine groups is 2. The predicted molar refractivity (Wildman–Crippen MR) is 82.1 cm³/mol. The summed E-state index contributed by atoms with van der Waals surface area (Å²) < 4.78 is 32.8. The fraction of sp³-hybridized carbons (Fsp3) is 0.500. The standard InChI is InChI=1S/C14H16N2O9S/c1-7(8(2)15-9(17)3-4-10(15)18)13(26(22,23)24)14(21)25-16-11(19)5-6-12(16)20/h3-4,7-8,13H,5-6H2,1-2H3,(H,22,23,24). The van der Waals surface area contributed by atoms with Gasteiger partial charge in [-0.3, -0.25) is 28.6 Å². The lowest BCUT2D eigenvalue weighted by Gasteiger charge is -2.31. The summed E-state index contributed by atoms with van der Waals surface area (Å²) in [6.07, 6.45) is 1.57. The molecule has 3 unspecified atom stereocenters. The summed E-state index contributed by atoms with van der Waals surface area (Å²) in [6, 6.07) is -1.10. The Morgan fingerprint density at radius 1 is 1.08 bits per heavy atom. The van der Waals surface area contributed by atoms with E-state index in [0.29, 0.717) is 0 Å². The fourth-order valence-corrected chi connectivity index (χ4v) is 3.76. The number of amides is 4. The van der Waals surface area contributed by atoms with Crippen LogP contribution in [0.5, 0.6) is 0 Å². The van der Waals surface area contributed by atoms with Crippen LogP contribution in [0.15, 0.2) is 12.2 Å². The molecule has 0 bridgehead atoms. The lowest BCUT2D eigenvalue weighted by molar-refractivity contribution is -0.198. The minimum atomic E-state index is -5.04. The Kier molecular flexibility index (Phi) is 5.28. The number of rotatable bonds is 6. The first-order valence-electron chi connectivity index (χ1n) is 7.54. The van der Waals surface area contributed by atoms with Crippen LogP contribution in [-0.2, 0) is 38.9 Å². The monoisotopic (exact) mass is 388 g/mol. The Morgan fingerprint density at radius 3 is 1.96 bits per heavy atom. The van der Waals surface area contributed by atoms with E-state index in [9.17, 15) is 36.9 Å². The number of carbonyl (C=O) groups is 5. The van der Waals surface area contributed by atoms with Crippen LogP contribution in [0.3, 0.4) is 0 Å². The van der Waals surface area contributed by atoms with Crippen LogP contribution in [0.2, 0.25) is 0 Å². The molecule has 26 heavy (non-hydrogen) atoms. The van der Waals surface area contributed by atoms with E-state index in [1.165, 1.54) is 13.8 Å². The van der Waals surface area contributed by atoms with E-state index in [4.69, 9.17) is 0 Å². The van der Waals surface area contributed by atoms with Gasteiger partial charge in [-0.05, 0) is 6.92 Å². The molecule has 1 N–H and O–H groups in total. The molecule has 142 valence electrons. The highest BCUT2D eigenvalue weighted by Gasteiger charge is 2.46. The Labute approximate surface area is 148 Å². The second kappa shape index (κ2) is 6.96. The molecule has 0 aromatic carbocycles. The molecular formula is C14H16N2O9S. The van der Waals surface area contributed by atoms with Crippen molar-refractivity contribution >= 4 is 39.7 Å². The zero-order chi connectivity index (χ0) is 19.8. The maximum Gasteiger partial charge on any atom is 0.354 e. The number of hydrogen-bond acceptors (Lipinski definition) is 8. The van der Waals surface area contributed by atoms with Gasteiger partial charge in [0, 0.05) is 37.0 Å². The zero-order valence-electron chi connectivity index (χ0n) is 13.8. The molecule has 1 fully saturated rings. The Bertz CT molecular complexity index is 782. The van der Waals surface area contributed by atoms with Gasteiger partial charge in [-0.1, -0.05) is 6.92 Å². The average molecular weight is 388 g/mol. The maximum absolute atomic E-state index is 12.2. The van der Waals surface area contributed by atoms with Gasteiger partial charge in [0.25, 0.3) is 33.7 Å². The summed E-state index contributed by atoms with van der Waals surface area (Å²) in [5.41, 5.74) is 0. The molecule has 12 heteroatoms. The maximum atomic E-state index is 12.2. The summed E-state index contributed by atoms with van der Waals surface area (Å²) in [5, 5.41) is -2.08. The van der Waals surface area contributed by atoms with Crippen molar-refractivity contribution in [3.63, 3.8) is 0 Å². The second-order valence-corrected chi connectivity index (χ2v) is 7.45. The number of nitrogens with zero attached hydrogens (tertiary/aromatic N) is 2. The van der Waals surface area contributed by atoms with Gasteiger partial charge in [0.15, 0.2) is 5.25 Å². The molecule has 2 heterocycles. The number of imide groups is 2. The molecule has 0 aliphatic carbocycles. The van der Waals surface area contributed by atoms with Crippen molar-refractivity contribution in [1.82, 2.24) is 9.96 Å². The van der Waals surface area contributed by atoms with Gasteiger partial charge >= 0.3 is 5.97 Å². The van der Waals surface area contributed by atoms with Gasteiger partial charge in [0.2, 0.25) is 0 Å². The summed E-state index contributed by atoms with van der Waals surface area (Å²) >= 11 is 0. The summed E-state index contributed by atoms with van der Waals surface area (Å²) in [6.45, 7) is 2.52. The van der Waals surface area contributed by atoms with E-state index in [0.717, 1.165) is 17.1 Å². The molecular weight excluding hydrogens is 372 g/mol. The minimum Gasteiger partial charge on any atom is -0.329 e. The molecule has 4 amide bonds. The molecule has 0 radical (unpaired) electrons. The molecule has 0 saturated carbocycles. The molecule has 2 aliphatic heterocycles. The summed E-state index contributed by atoms with van der Waals surface area (Å²) in [4.78, 5) is 64.0. The van der Waals surface area contributed by atoms with Gasteiger partial charge < -0.3 is 4.84 Å². The summed E-state index contributed by atoms with van der Waals surface area (Å²) in [7, 11) is -5.04. The predicted octanol–water partition coefficient (Wildman–Crippen LogP) is -1.20. The van der Waals surface area contributed by atoms with Crippen LogP contribution in [0.4, 0.5) is 0 Å². The molecule has 0 spiro atoms. The second-order valence-electron chi connectivity index (χ2n) is 5.91. The van der Waals surface area contributed by atoms with Crippen molar-refractivity contribution in [2.75, 3.05) is 0 Å². The van der Waals surface area contributed by atoms with Crippen molar-refractivity contribution in [3.05, 3.63) is 12.2 Å². The molecule has 11 nitrogen and oxygen atoms in total. The normalized spacial score (nSPS) is 21.3. The number of carbonyl (C=O) groups excluding carboxylic acids is 5. The van der Waals surface area contributed by atoms with E-state index < -0.39 is 56.9 Å². The molecule has 1 saturated heterocycles. The van der Waals surface area contributed by atoms with Crippen molar-refractivity contribution in [1.29, 1.82) is 0 Å². The Morgan fingerprint density at radius 2 is 1.54 bits per heavy atom. The van der Waals surface area contributed by atoms with Crippen LogP contribution in [0, 0.1) is 5.92 Å². The van der Waals surface area contributed by atoms with Gasteiger partial charge in [-0.2, -0.15) is 8.42 Å². The van der Waals surface area contributed by atoms with Gasteiger partial charge in [0.05, 0.1) is 0 Å². The molecule has 2 rings (SSSR count). The Hall–Kier alpha value is -2.60. The van der Waals surface area contributed by atoms with E-state index in [2.05, 4.69) is 4.84 Å². The quantitative estimate of drug-likeness (QED) is 0.436. The SMILES string of the molecule is CC(C(C)N1C(=O)C=CC1=O)C(C(=O)ON1C(=O)CCC1=O)S(=O)(=O)O. The van der Waals surface area contributed by atoms with Gasteiger partial charge in [-0.15, -0.1) is 5.06 Å². The highest BCUT2D eigenvalue weighted by Crippen LogP contribution is 2.25. The lowest BCUT2D eigenvalue weighted by Crippen LogP contribution is -2.51. The molecule has 2 aliphatic rings. The first-order valence-corrected chi connectivity index (χ1v) is 9.04. The van der Waals surface area contributed by atoms with E-state index in [-0.39, 0.29) is 17.9 Å². The first kappa shape index (κ1) is 19.7. The molecule has 0 aromatic heterocycles. The van der Waals surface area contributed by atoms with E-state index in [1.54, 1.807) is 0 Å². The third-order valence-corrected chi connectivity index (χ3v) is 5.49. The number of hydrogen-bond donors (Lipinski definition) is 1. The topological polar surface area (TPSA) is 155 Å². The highest BCUT2D eigenvalue weighted by molar-refractivity contribution is 7.87. The third kappa shape index (κ3) is 3.65. The van der Waals surface area contributed by atoms with Gasteiger partial charge in [-0.25, -0.2) is 4.79 Å². The molecule has 3 atom stereocenters. The van der Waals surface area contributed by atoms with Crippen LogP contribution < -0.4 is 0 Å². The van der Waals surface area contributed by atoms with Crippen LogP contribution in [0.25, 0.3) is 0 Å². The highest BCUT2D eigenvalue weighted by atomic mass is 32.2. The van der Waals surface area contributed by atoms with Gasteiger partial charge in [0.1, 0.15) is 0 Å². The Balaban J connectivity index is 2.25. The van der Waals surface area contributed by atoms with Crippen molar-refractivity contribution in [2.24, 2.45) is 5.92 Å². The smallest absolute Gasteiger partial charge is 0.329 e. The van der Waals surface area contributed by atoms with Crippen molar-refractivity contribution in [3.8, 4) is 0 Å². The van der Waals surface area contributed by atoms with Crippen LogP contribution in [0.1, 0.15) is 26.7 Å². The largest absolute Gasteiger partial charge is 0.354 e. The summed E-state index contributed by atoms with van der Waals surface area (Å²) in [5.74, 6) is -5.93. The third-order valence-electron chi connectivity index (χ3n) is 4.23.